The highest BCUT2D eigenvalue weighted by Crippen LogP contribution is 2.22. The lowest BCUT2D eigenvalue weighted by Gasteiger charge is -2.00. The molecule has 2 N–H and O–H groups in total. The Labute approximate surface area is 138 Å². The molecule has 0 aliphatic rings. The number of benzene rings is 2. The van der Waals surface area contributed by atoms with Gasteiger partial charge in [0.25, 0.3) is 5.91 Å². The van der Waals surface area contributed by atoms with Crippen LogP contribution in [-0.4, -0.2) is 22.3 Å². The van der Waals surface area contributed by atoms with Crippen molar-refractivity contribution in [3.63, 3.8) is 0 Å². The first kappa shape index (κ1) is 15.6. The third-order valence-corrected chi connectivity index (χ3v) is 3.53. The van der Waals surface area contributed by atoms with Gasteiger partial charge >= 0.3 is 0 Å². The minimum Gasteiger partial charge on any atom is -0.272 e. The molecule has 0 saturated heterocycles. The van der Waals surface area contributed by atoms with Crippen molar-refractivity contribution in [3.05, 3.63) is 77.2 Å². The SMILES string of the molecule is Cc1c(-c2ccccc2)n[nH]c1C(=O)N/N=C/c1ccc(F)cc1. The van der Waals surface area contributed by atoms with Crippen LogP contribution in [0.15, 0.2) is 59.7 Å². The molecule has 3 rings (SSSR count). The summed E-state index contributed by atoms with van der Waals surface area (Å²) in [4.78, 5) is 12.2. The van der Waals surface area contributed by atoms with Crippen molar-refractivity contribution < 1.29 is 9.18 Å². The smallest absolute Gasteiger partial charge is 0.272 e. The lowest BCUT2D eigenvalue weighted by atomic mass is 10.1. The van der Waals surface area contributed by atoms with Gasteiger partial charge in [-0.15, -0.1) is 0 Å². The topological polar surface area (TPSA) is 70.1 Å². The second-order valence-electron chi connectivity index (χ2n) is 5.19. The molecule has 0 aliphatic carbocycles. The molecule has 1 amide bonds. The molecule has 120 valence electrons. The van der Waals surface area contributed by atoms with E-state index in [1.165, 1.54) is 18.3 Å². The molecule has 0 unspecified atom stereocenters. The summed E-state index contributed by atoms with van der Waals surface area (Å²) in [6.07, 6.45) is 1.45. The minimum absolute atomic E-state index is 0.322. The quantitative estimate of drug-likeness (QED) is 0.571. The van der Waals surface area contributed by atoms with E-state index in [0.717, 1.165) is 16.8 Å². The van der Waals surface area contributed by atoms with Crippen molar-refractivity contribution in [1.29, 1.82) is 0 Å². The van der Waals surface area contributed by atoms with E-state index >= 15 is 0 Å². The maximum absolute atomic E-state index is 12.8. The molecule has 6 heteroatoms. The second kappa shape index (κ2) is 6.87. The summed E-state index contributed by atoms with van der Waals surface area (Å²) in [7, 11) is 0. The number of carbonyl (C=O) groups is 1. The summed E-state index contributed by atoms with van der Waals surface area (Å²) >= 11 is 0. The fraction of sp³-hybridized carbons (Fsp3) is 0.0556. The lowest BCUT2D eigenvalue weighted by molar-refractivity contribution is 0.0949. The number of halogens is 1. The summed E-state index contributed by atoms with van der Waals surface area (Å²) < 4.78 is 12.8. The van der Waals surface area contributed by atoms with Crippen molar-refractivity contribution in [2.24, 2.45) is 5.10 Å². The van der Waals surface area contributed by atoms with Gasteiger partial charge in [-0.3, -0.25) is 9.89 Å². The van der Waals surface area contributed by atoms with E-state index < -0.39 is 0 Å². The van der Waals surface area contributed by atoms with Gasteiger partial charge in [-0.2, -0.15) is 10.2 Å². The van der Waals surface area contributed by atoms with E-state index in [1.807, 2.05) is 37.3 Å². The number of nitrogens with zero attached hydrogens (tertiary/aromatic N) is 2. The number of aromatic nitrogens is 2. The number of aromatic amines is 1. The van der Waals surface area contributed by atoms with E-state index in [2.05, 4.69) is 20.7 Å². The van der Waals surface area contributed by atoms with Gasteiger partial charge in [0.1, 0.15) is 11.5 Å². The Hall–Kier alpha value is -3.28. The third kappa shape index (κ3) is 3.38. The molecule has 1 heterocycles. The average Bonchev–Trinajstić information content (AvgIpc) is 2.99. The molecule has 0 aliphatic heterocycles. The monoisotopic (exact) mass is 322 g/mol. The van der Waals surface area contributed by atoms with E-state index in [4.69, 9.17) is 0 Å². The molecule has 24 heavy (non-hydrogen) atoms. The number of nitrogens with one attached hydrogen (secondary N) is 2. The number of hydrogen-bond acceptors (Lipinski definition) is 3. The number of carbonyl (C=O) groups excluding carboxylic acids is 1. The van der Waals surface area contributed by atoms with Gasteiger partial charge in [0.2, 0.25) is 0 Å². The van der Waals surface area contributed by atoms with E-state index in [0.29, 0.717) is 11.3 Å². The number of rotatable bonds is 4. The normalized spacial score (nSPS) is 10.9. The van der Waals surface area contributed by atoms with Crippen LogP contribution < -0.4 is 5.43 Å². The zero-order valence-corrected chi connectivity index (χ0v) is 13.0. The van der Waals surface area contributed by atoms with Crippen molar-refractivity contribution in [3.8, 4) is 11.3 Å². The van der Waals surface area contributed by atoms with Crippen molar-refractivity contribution in [2.75, 3.05) is 0 Å². The molecule has 0 fully saturated rings. The maximum Gasteiger partial charge on any atom is 0.289 e. The summed E-state index contributed by atoms with van der Waals surface area (Å²) in [5, 5.41) is 10.8. The van der Waals surface area contributed by atoms with Crippen LogP contribution in [0, 0.1) is 12.7 Å². The van der Waals surface area contributed by atoms with Gasteiger partial charge in [0.05, 0.1) is 11.9 Å². The first-order chi connectivity index (χ1) is 11.6. The molecule has 0 radical (unpaired) electrons. The van der Waals surface area contributed by atoms with Gasteiger partial charge in [-0.1, -0.05) is 42.5 Å². The number of amides is 1. The fourth-order valence-electron chi connectivity index (χ4n) is 2.27. The first-order valence-electron chi connectivity index (χ1n) is 7.34. The highest BCUT2D eigenvalue weighted by Gasteiger charge is 2.16. The largest absolute Gasteiger partial charge is 0.289 e. The Bertz CT molecular complexity index is 870. The Morgan fingerprint density at radius 2 is 1.88 bits per heavy atom. The molecule has 0 atom stereocenters. The summed E-state index contributed by atoms with van der Waals surface area (Å²) in [5.74, 6) is -0.710. The Balaban J connectivity index is 1.72. The van der Waals surface area contributed by atoms with E-state index in [9.17, 15) is 9.18 Å². The van der Waals surface area contributed by atoms with E-state index in [-0.39, 0.29) is 11.7 Å². The molecular weight excluding hydrogens is 307 g/mol. The van der Waals surface area contributed by atoms with Crippen LogP contribution in [0.2, 0.25) is 0 Å². The van der Waals surface area contributed by atoms with Crippen LogP contribution >= 0.6 is 0 Å². The van der Waals surface area contributed by atoms with Crippen LogP contribution in [0.25, 0.3) is 11.3 Å². The number of hydrogen-bond donors (Lipinski definition) is 2. The summed E-state index contributed by atoms with van der Waals surface area (Å²) in [6, 6.07) is 15.4. The van der Waals surface area contributed by atoms with Crippen molar-refractivity contribution >= 4 is 12.1 Å². The standard InChI is InChI=1S/C18H15FN4O/c1-12-16(14-5-3-2-4-6-14)21-22-17(12)18(24)23-20-11-13-7-9-15(19)10-8-13/h2-11H,1H3,(H,21,22)(H,23,24)/b20-11+. The molecular formula is C18H15FN4O. The minimum atomic E-state index is -0.388. The number of hydrazone groups is 1. The molecule has 0 bridgehead atoms. The predicted molar refractivity (Wildman–Crippen MR) is 90.2 cm³/mol. The average molecular weight is 322 g/mol. The molecule has 5 nitrogen and oxygen atoms in total. The van der Waals surface area contributed by atoms with Gasteiger partial charge < -0.3 is 0 Å². The van der Waals surface area contributed by atoms with Crippen LogP contribution in [0.3, 0.4) is 0 Å². The van der Waals surface area contributed by atoms with Gasteiger partial charge in [0, 0.05) is 11.1 Å². The maximum atomic E-state index is 12.8. The zero-order chi connectivity index (χ0) is 16.9. The molecule has 2 aromatic carbocycles. The molecule has 0 spiro atoms. The van der Waals surface area contributed by atoms with Gasteiger partial charge in [-0.25, -0.2) is 9.82 Å². The summed E-state index contributed by atoms with van der Waals surface area (Å²) in [6.45, 7) is 1.82. The summed E-state index contributed by atoms with van der Waals surface area (Å²) in [5.41, 5.74) is 5.87. The Morgan fingerprint density at radius 1 is 1.17 bits per heavy atom. The molecule has 3 aromatic rings. The van der Waals surface area contributed by atoms with Crippen molar-refractivity contribution in [2.45, 2.75) is 6.92 Å². The fourth-order valence-corrected chi connectivity index (χ4v) is 2.27. The van der Waals surface area contributed by atoms with Crippen LogP contribution in [-0.2, 0) is 0 Å². The highest BCUT2D eigenvalue weighted by molar-refractivity contribution is 5.95. The Kier molecular flexibility index (Phi) is 4.47. The van der Waals surface area contributed by atoms with Gasteiger partial charge in [-0.05, 0) is 24.6 Å². The van der Waals surface area contributed by atoms with E-state index in [1.54, 1.807) is 12.1 Å². The number of H-pyrrole nitrogens is 1. The third-order valence-electron chi connectivity index (χ3n) is 3.53. The molecule has 1 aromatic heterocycles. The first-order valence-corrected chi connectivity index (χ1v) is 7.34. The lowest BCUT2D eigenvalue weighted by Crippen LogP contribution is -2.19. The molecule has 0 saturated carbocycles. The highest BCUT2D eigenvalue weighted by atomic mass is 19.1. The second-order valence-corrected chi connectivity index (χ2v) is 5.19. The van der Waals surface area contributed by atoms with Crippen LogP contribution in [0.1, 0.15) is 21.6 Å². The zero-order valence-electron chi connectivity index (χ0n) is 13.0. The van der Waals surface area contributed by atoms with Crippen LogP contribution in [0.5, 0.6) is 0 Å². The van der Waals surface area contributed by atoms with Crippen LogP contribution in [0.4, 0.5) is 4.39 Å². The van der Waals surface area contributed by atoms with Crippen molar-refractivity contribution in [1.82, 2.24) is 15.6 Å². The van der Waals surface area contributed by atoms with Gasteiger partial charge in [0.15, 0.2) is 0 Å². The Morgan fingerprint density at radius 3 is 2.58 bits per heavy atom. The predicted octanol–water partition coefficient (Wildman–Crippen LogP) is 3.29.